The molecule has 0 aromatic heterocycles. The van der Waals surface area contributed by atoms with Crippen LogP contribution < -0.4 is 10.5 Å². The van der Waals surface area contributed by atoms with Crippen molar-refractivity contribution < 1.29 is 14.1 Å². The van der Waals surface area contributed by atoms with Gasteiger partial charge in [-0.15, -0.1) is 0 Å². The van der Waals surface area contributed by atoms with Gasteiger partial charge in [0.25, 0.3) is 0 Å². The van der Waals surface area contributed by atoms with Gasteiger partial charge in [0.15, 0.2) is 0 Å². The molecule has 0 aliphatic carbocycles. The lowest BCUT2D eigenvalue weighted by Crippen LogP contribution is -2.30. The Morgan fingerprint density at radius 3 is 2.35 bits per heavy atom. The van der Waals surface area contributed by atoms with E-state index in [4.69, 9.17) is 10.5 Å². The van der Waals surface area contributed by atoms with E-state index in [9.17, 15) is 9.32 Å². The number of ether oxygens (including phenoxy) is 1. The van der Waals surface area contributed by atoms with Crippen LogP contribution in [0.1, 0.15) is 26.3 Å². The van der Waals surface area contributed by atoms with Gasteiger partial charge < -0.3 is 15.6 Å². The quantitative estimate of drug-likeness (QED) is 0.766. The Labute approximate surface area is 123 Å². The highest BCUT2D eigenvalue weighted by Crippen LogP contribution is 2.13. The minimum atomic E-state index is -1.03. The largest absolute Gasteiger partial charge is 0.491 e. The van der Waals surface area contributed by atoms with Crippen molar-refractivity contribution in [3.05, 3.63) is 29.8 Å². The lowest BCUT2D eigenvalue weighted by molar-refractivity contribution is 0.125. The highest BCUT2D eigenvalue weighted by Gasteiger charge is 2.18. The predicted octanol–water partition coefficient (Wildman–Crippen LogP) is 1.68. The molecule has 1 aromatic carbocycles. The number of rotatable bonds is 8. The highest BCUT2D eigenvalue weighted by atomic mass is 32.2. The predicted molar refractivity (Wildman–Crippen MR) is 83.1 cm³/mol. The first-order valence-electron chi connectivity index (χ1n) is 6.91. The molecule has 0 aliphatic heterocycles. The maximum atomic E-state index is 12.0. The molecule has 0 aliphatic rings. The summed E-state index contributed by atoms with van der Waals surface area (Å²) >= 11 is 0. The molecule has 0 saturated heterocycles. The maximum Gasteiger partial charge on any atom is 0.119 e. The summed E-state index contributed by atoms with van der Waals surface area (Å²) in [7, 11) is -1.03. The van der Waals surface area contributed by atoms with Gasteiger partial charge in [-0.05, 0) is 23.6 Å². The smallest absolute Gasteiger partial charge is 0.119 e. The summed E-state index contributed by atoms with van der Waals surface area (Å²) < 4.78 is 17.5. The maximum absolute atomic E-state index is 12.0. The van der Waals surface area contributed by atoms with Crippen LogP contribution in [-0.2, 0) is 17.3 Å². The zero-order valence-corrected chi connectivity index (χ0v) is 13.2. The summed E-state index contributed by atoms with van der Waals surface area (Å²) in [4.78, 5) is 0. The topological polar surface area (TPSA) is 72.5 Å². The number of aliphatic hydroxyl groups excluding tert-OH is 1. The molecule has 1 aromatic rings. The van der Waals surface area contributed by atoms with Crippen LogP contribution in [0.2, 0.25) is 0 Å². The van der Waals surface area contributed by atoms with Crippen LogP contribution in [0.5, 0.6) is 5.75 Å². The lowest BCUT2D eigenvalue weighted by Gasteiger charge is -2.18. The first-order chi connectivity index (χ1) is 9.43. The van der Waals surface area contributed by atoms with Crippen LogP contribution in [0.25, 0.3) is 0 Å². The van der Waals surface area contributed by atoms with Crippen LogP contribution in [0.3, 0.4) is 0 Å². The third-order valence-electron chi connectivity index (χ3n) is 3.31. The molecule has 3 atom stereocenters. The third kappa shape index (κ3) is 5.61. The number of benzene rings is 1. The second-order valence-corrected chi connectivity index (χ2v) is 7.15. The van der Waals surface area contributed by atoms with E-state index in [1.807, 2.05) is 45.0 Å². The van der Waals surface area contributed by atoms with E-state index in [2.05, 4.69) is 0 Å². The second-order valence-electron chi connectivity index (χ2n) is 5.31. The molecular weight excluding hydrogens is 274 g/mol. The van der Waals surface area contributed by atoms with E-state index in [0.717, 1.165) is 5.56 Å². The molecule has 0 radical (unpaired) electrons. The van der Waals surface area contributed by atoms with Crippen molar-refractivity contribution in [2.24, 2.45) is 11.7 Å². The normalized spacial score (nSPS) is 15.9. The molecule has 0 bridgehead atoms. The molecule has 20 heavy (non-hydrogen) atoms. The van der Waals surface area contributed by atoms with E-state index in [0.29, 0.717) is 18.2 Å². The van der Waals surface area contributed by atoms with E-state index < -0.39 is 16.9 Å². The molecule has 1 rings (SSSR count). The summed E-state index contributed by atoms with van der Waals surface area (Å²) in [6.07, 6.45) is -0.716. The van der Waals surface area contributed by atoms with Crippen LogP contribution >= 0.6 is 0 Å². The van der Waals surface area contributed by atoms with E-state index in [1.54, 1.807) is 0 Å². The minimum absolute atomic E-state index is 0.0773. The number of aliphatic hydroxyl groups is 1. The standard InChI is InChI=1S/C15H25NO3S/c1-11(2)12(3)20(18)10-14(17)9-19-15-6-4-13(8-16)5-7-15/h4-7,11-12,14,17H,8-10,16H2,1-3H3. The van der Waals surface area contributed by atoms with Crippen LogP contribution in [0.4, 0.5) is 0 Å². The molecule has 5 heteroatoms. The second kappa shape index (κ2) is 8.39. The van der Waals surface area contributed by atoms with Crippen molar-refractivity contribution in [3.63, 3.8) is 0 Å². The van der Waals surface area contributed by atoms with Crippen molar-refractivity contribution in [1.29, 1.82) is 0 Å². The third-order valence-corrected chi connectivity index (χ3v) is 5.40. The zero-order chi connectivity index (χ0) is 15.1. The van der Waals surface area contributed by atoms with Crippen LogP contribution in [0, 0.1) is 5.92 Å². The minimum Gasteiger partial charge on any atom is -0.491 e. The fourth-order valence-electron chi connectivity index (χ4n) is 1.61. The van der Waals surface area contributed by atoms with E-state index in [-0.39, 0.29) is 17.6 Å². The van der Waals surface area contributed by atoms with Crippen molar-refractivity contribution in [1.82, 2.24) is 0 Å². The van der Waals surface area contributed by atoms with Crippen molar-refractivity contribution in [2.45, 2.75) is 38.7 Å². The summed E-state index contributed by atoms with van der Waals surface area (Å²) in [6.45, 7) is 6.66. The average Bonchev–Trinajstić information content (AvgIpc) is 2.44. The fourth-order valence-corrected chi connectivity index (χ4v) is 2.99. The fraction of sp³-hybridized carbons (Fsp3) is 0.600. The van der Waals surface area contributed by atoms with Crippen LogP contribution in [0.15, 0.2) is 24.3 Å². The molecule has 4 nitrogen and oxygen atoms in total. The first-order valence-corrected chi connectivity index (χ1v) is 8.29. The average molecular weight is 299 g/mol. The van der Waals surface area contributed by atoms with Gasteiger partial charge in [0.1, 0.15) is 12.4 Å². The summed E-state index contributed by atoms with van der Waals surface area (Å²) in [5, 5.41) is 9.95. The van der Waals surface area contributed by atoms with Gasteiger partial charge in [-0.25, -0.2) is 0 Å². The van der Waals surface area contributed by atoms with Gasteiger partial charge in [-0.3, -0.25) is 4.21 Å². The van der Waals surface area contributed by atoms with Gasteiger partial charge in [0, 0.05) is 22.6 Å². The Kier molecular flexibility index (Phi) is 7.19. The van der Waals surface area contributed by atoms with Crippen molar-refractivity contribution in [2.75, 3.05) is 12.4 Å². The van der Waals surface area contributed by atoms with E-state index >= 15 is 0 Å². The number of hydrogen-bond acceptors (Lipinski definition) is 4. The molecule has 0 saturated carbocycles. The van der Waals surface area contributed by atoms with Gasteiger partial charge >= 0.3 is 0 Å². The Morgan fingerprint density at radius 2 is 1.85 bits per heavy atom. The Hall–Kier alpha value is -0.910. The molecule has 3 N–H and O–H groups in total. The van der Waals surface area contributed by atoms with Crippen molar-refractivity contribution in [3.8, 4) is 5.75 Å². The van der Waals surface area contributed by atoms with Crippen LogP contribution in [-0.4, -0.2) is 33.0 Å². The number of hydrogen-bond donors (Lipinski definition) is 2. The Morgan fingerprint density at radius 1 is 1.25 bits per heavy atom. The van der Waals surface area contributed by atoms with Crippen molar-refractivity contribution >= 4 is 10.8 Å². The Bertz CT molecular complexity index is 420. The first kappa shape index (κ1) is 17.1. The molecule has 114 valence electrons. The lowest BCUT2D eigenvalue weighted by atomic mass is 10.2. The van der Waals surface area contributed by atoms with Gasteiger partial charge in [0.05, 0.1) is 11.9 Å². The van der Waals surface area contributed by atoms with Gasteiger partial charge in [0.2, 0.25) is 0 Å². The summed E-state index contributed by atoms with van der Waals surface area (Å²) in [6, 6.07) is 7.42. The molecule has 3 unspecified atom stereocenters. The Balaban J connectivity index is 2.39. The summed E-state index contributed by atoms with van der Waals surface area (Å²) in [5.41, 5.74) is 6.55. The van der Waals surface area contributed by atoms with Gasteiger partial charge in [-0.2, -0.15) is 0 Å². The van der Waals surface area contributed by atoms with E-state index in [1.165, 1.54) is 0 Å². The molecule has 0 fully saturated rings. The molecule has 0 heterocycles. The molecule has 0 spiro atoms. The monoisotopic (exact) mass is 299 g/mol. The van der Waals surface area contributed by atoms with Gasteiger partial charge in [-0.1, -0.05) is 32.9 Å². The SMILES string of the molecule is CC(C)C(C)S(=O)CC(O)COc1ccc(CN)cc1. The molecular formula is C15H25NO3S. The number of nitrogens with two attached hydrogens (primary N) is 1. The molecule has 0 amide bonds. The highest BCUT2D eigenvalue weighted by molar-refractivity contribution is 7.85. The zero-order valence-electron chi connectivity index (χ0n) is 12.4. The summed E-state index contributed by atoms with van der Waals surface area (Å²) in [5.74, 6) is 1.27.